The molecule has 4 aromatic rings. The van der Waals surface area contributed by atoms with Gasteiger partial charge in [0.1, 0.15) is 5.82 Å². The molecule has 0 aliphatic heterocycles. The van der Waals surface area contributed by atoms with Crippen molar-refractivity contribution in [1.82, 2.24) is 25.1 Å². The van der Waals surface area contributed by atoms with Gasteiger partial charge in [-0.25, -0.2) is 9.67 Å². The maximum Gasteiger partial charge on any atom is 0.416 e. The van der Waals surface area contributed by atoms with Gasteiger partial charge >= 0.3 is 6.18 Å². The van der Waals surface area contributed by atoms with Crippen molar-refractivity contribution in [3.63, 3.8) is 0 Å². The first-order chi connectivity index (χ1) is 15.2. The van der Waals surface area contributed by atoms with Gasteiger partial charge in [-0.2, -0.15) is 18.3 Å². The SMILES string of the molecule is Cc1cc(C)n(-c2ccc(CNC(=O)CCc3nc4ccccc4[nH]3)c(C(F)(F)F)c2)n1. The van der Waals surface area contributed by atoms with E-state index in [0.29, 0.717) is 17.9 Å². The lowest BCUT2D eigenvalue weighted by atomic mass is 10.1. The van der Waals surface area contributed by atoms with Gasteiger partial charge in [0.05, 0.1) is 28.0 Å². The molecular weight excluding hydrogens is 419 g/mol. The van der Waals surface area contributed by atoms with E-state index in [1.54, 1.807) is 26.0 Å². The summed E-state index contributed by atoms with van der Waals surface area (Å²) in [5, 5.41) is 6.83. The third-order valence-corrected chi connectivity index (χ3v) is 5.16. The number of rotatable bonds is 6. The number of nitrogens with one attached hydrogen (secondary N) is 2. The Morgan fingerprint density at radius 2 is 1.91 bits per heavy atom. The van der Waals surface area contributed by atoms with Crippen LogP contribution in [0.2, 0.25) is 0 Å². The molecule has 0 bridgehead atoms. The predicted octanol–water partition coefficient (Wildman–Crippen LogP) is 4.63. The van der Waals surface area contributed by atoms with Crippen molar-refractivity contribution in [3.8, 4) is 5.69 Å². The molecule has 1 amide bonds. The molecule has 2 aromatic carbocycles. The lowest BCUT2D eigenvalue weighted by Gasteiger charge is -2.16. The number of carbonyl (C=O) groups excluding carboxylic acids is 1. The number of fused-ring (bicyclic) bond motifs is 1. The smallest absolute Gasteiger partial charge is 0.352 e. The summed E-state index contributed by atoms with van der Waals surface area (Å²) >= 11 is 0. The molecule has 2 aromatic heterocycles. The number of hydrogen-bond acceptors (Lipinski definition) is 3. The highest BCUT2D eigenvalue weighted by Crippen LogP contribution is 2.33. The molecule has 4 rings (SSSR count). The third kappa shape index (κ3) is 4.66. The summed E-state index contributed by atoms with van der Waals surface area (Å²) in [5.74, 6) is 0.313. The first kappa shape index (κ1) is 21.6. The van der Waals surface area contributed by atoms with Gasteiger partial charge in [0.25, 0.3) is 0 Å². The molecule has 0 unspecified atom stereocenters. The average Bonchev–Trinajstić information content (AvgIpc) is 3.31. The molecule has 0 saturated heterocycles. The fourth-order valence-electron chi connectivity index (χ4n) is 3.64. The Bertz CT molecular complexity index is 1240. The third-order valence-electron chi connectivity index (χ3n) is 5.16. The van der Waals surface area contributed by atoms with Crippen LogP contribution in [0.5, 0.6) is 0 Å². The van der Waals surface area contributed by atoms with Crippen molar-refractivity contribution in [2.24, 2.45) is 0 Å². The van der Waals surface area contributed by atoms with Crippen LogP contribution in [-0.4, -0.2) is 25.7 Å². The zero-order valence-corrected chi connectivity index (χ0v) is 17.6. The fourth-order valence-corrected chi connectivity index (χ4v) is 3.64. The summed E-state index contributed by atoms with van der Waals surface area (Å²) in [6, 6.07) is 13.3. The predicted molar refractivity (Wildman–Crippen MR) is 114 cm³/mol. The minimum absolute atomic E-state index is 0.000122. The van der Waals surface area contributed by atoms with Crippen LogP contribution in [0.1, 0.15) is 34.8 Å². The second kappa shape index (κ2) is 8.49. The molecule has 0 spiro atoms. The number of aryl methyl sites for hydroxylation is 3. The standard InChI is InChI=1S/C23H22F3N5O/c1-14-11-15(2)31(30-14)17-8-7-16(18(12-17)23(24,25)26)13-27-22(32)10-9-21-28-19-5-3-4-6-20(19)29-21/h3-8,11-12H,9-10,13H2,1-2H3,(H,27,32)(H,28,29). The molecule has 2 N–H and O–H groups in total. The van der Waals surface area contributed by atoms with Gasteiger partial charge in [-0.1, -0.05) is 18.2 Å². The number of hydrogen-bond donors (Lipinski definition) is 2. The molecule has 2 heterocycles. The topological polar surface area (TPSA) is 75.6 Å². The largest absolute Gasteiger partial charge is 0.416 e. The van der Waals surface area contributed by atoms with Gasteiger partial charge in [-0.15, -0.1) is 0 Å². The zero-order chi connectivity index (χ0) is 22.9. The normalized spacial score (nSPS) is 11.8. The molecule has 0 atom stereocenters. The highest BCUT2D eigenvalue weighted by molar-refractivity contribution is 5.77. The molecule has 32 heavy (non-hydrogen) atoms. The van der Waals surface area contributed by atoms with Crippen LogP contribution in [0, 0.1) is 13.8 Å². The minimum atomic E-state index is -4.56. The zero-order valence-electron chi connectivity index (χ0n) is 17.6. The summed E-state index contributed by atoms with van der Waals surface area (Å²) < 4.78 is 42.5. The number of benzene rings is 2. The number of imidazole rings is 1. The first-order valence-electron chi connectivity index (χ1n) is 10.1. The van der Waals surface area contributed by atoms with Crippen LogP contribution in [0.25, 0.3) is 16.7 Å². The van der Waals surface area contributed by atoms with Gasteiger partial charge in [-0.05, 0) is 49.7 Å². The summed E-state index contributed by atoms with van der Waals surface area (Å²) in [7, 11) is 0. The van der Waals surface area contributed by atoms with Gasteiger partial charge in [0.15, 0.2) is 0 Å². The number of amides is 1. The van der Waals surface area contributed by atoms with Crippen molar-refractivity contribution in [3.05, 3.63) is 76.9 Å². The fraction of sp³-hybridized carbons (Fsp3) is 0.261. The van der Waals surface area contributed by atoms with Crippen LogP contribution < -0.4 is 5.32 Å². The van der Waals surface area contributed by atoms with Gasteiger partial charge < -0.3 is 10.3 Å². The van der Waals surface area contributed by atoms with E-state index in [-0.39, 0.29) is 24.4 Å². The summed E-state index contributed by atoms with van der Waals surface area (Å²) in [4.78, 5) is 19.8. The molecule has 6 nitrogen and oxygen atoms in total. The van der Waals surface area contributed by atoms with Gasteiger partial charge in [0, 0.05) is 25.1 Å². The molecule has 9 heteroatoms. The van der Waals surface area contributed by atoms with Crippen LogP contribution in [0.15, 0.2) is 48.5 Å². The average molecular weight is 441 g/mol. The lowest BCUT2D eigenvalue weighted by molar-refractivity contribution is -0.138. The van der Waals surface area contributed by atoms with Gasteiger partial charge in [0.2, 0.25) is 5.91 Å². The van der Waals surface area contributed by atoms with Crippen LogP contribution in [0.3, 0.4) is 0 Å². The number of aromatic amines is 1. The molecule has 0 radical (unpaired) electrons. The maximum absolute atomic E-state index is 13.7. The Morgan fingerprint density at radius 3 is 2.59 bits per heavy atom. The Labute approximate surface area is 182 Å². The monoisotopic (exact) mass is 441 g/mol. The number of halogens is 3. The van der Waals surface area contributed by atoms with E-state index >= 15 is 0 Å². The van der Waals surface area contributed by atoms with Crippen molar-refractivity contribution in [2.45, 2.75) is 39.4 Å². The Hall–Kier alpha value is -3.62. The van der Waals surface area contributed by atoms with Crippen molar-refractivity contribution in [1.29, 1.82) is 0 Å². The van der Waals surface area contributed by atoms with Gasteiger partial charge in [-0.3, -0.25) is 4.79 Å². The second-order valence-corrected chi connectivity index (χ2v) is 7.66. The van der Waals surface area contributed by atoms with E-state index in [1.807, 2.05) is 24.3 Å². The molecule has 0 saturated carbocycles. The van der Waals surface area contributed by atoms with Crippen LogP contribution >= 0.6 is 0 Å². The number of H-pyrrole nitrogens is 1. The molecule has 0 aliphatic carbocycles. The van der Waals surface area contributed by atoms with Crippen LogP contribution in [-0.2, 0) is 23.9 Å². The van der Waals surface area contributed by atoms with E-state index in [0.717, 1.165) is 28.5 Å². The van der Waals surface area contributed by atoms with Crippen molar-refractivity contribution < 1.29 is 18.0 Å². The number of nitrogens with zero attached hydrogens (tertiary/aromatic N) is 3. The van der Waals surface area contributed by atoms with Crippen molar-refractivity contribution in [2.75, 3.05) is 0 Å². The Balaban J connectivity index is 1.44. The first-order valence-corrected chi connectivity index (χ1v) is 10.1. The number of carbonyl (C=O) groups is 1. The maximum atomic E-state index is 13.7. The Morgan fingerprint density at radius 1 is 1.12 bits per heavy atom. The second-order valence-electron chi connectivity index (χ2n) is 7.66. The van der Waals surface area contributed by atoms with E-state index < -0.39 is 11.7 Å². The summed E-state index contributed by atoms with van der Waals surface area (Å²) in [6.07, 6.45) is -4.07. The Kier molecular flexibility index (Phi) is 5.73. The molecule has 166 valence electrons. The molecule has 0 fully saturated rings. The highest BCUT2D eigenvalue weighted by Gasteiger charge is 2.34. The lowest BCUT2D eigenvalue weighted by Crippen LogP contribution is -2.25. The number of para-hydroxylation sites is 2. The summed E-state index contributed by atoms with van der Waals surface area (Å²) in [5.41, 5.74) is 2.67. The number of aromatic nitrogens is 4. The van der Waals surface area contributed by atoms with E-state index in [4.69, 9.17) is 0 Å². The molecular formula is C23H22F3N5O. The quantitative estimate of drug-likeness (QED) is 0.458. The summed E-state index contributed by atoms with van der Waals surface area (Å²) in [6.45, 7) is 3.35. The highest BCUT2D eigenvalue weighted by atomic mass is 19.4. The van der Waals surface area contributed by atoms with E-state index in [2.05, 4.69) is 20.4 Å². The van der Waals surface area contributed by atoms with Crippen LogP contribution in [0.4, 0.5) is 13.2 Å². The van der Waals surface area contributed by atoms with E-state index in [1.165, 1.54) is 10.7 Å². The van der Waals surface area contributed by atoms with E-state index in [9.17, 15) is 18.0 Å². The minimum Gasteiger partial charge on any atom is -0.352 e. The number of alkyl halides is 3. The molecule has 0 aliphatic rings. The van der Waals surface area contributed by atoms with Crippen molar-refractivity contribution >= 4 is 16.9 Å².